The highest BCUT2D eigenvalue weighted by Gasteiger charge is 2.22. The van der Waals surface area contributed by atoms with Crippen molar-refractivity contribution in [3.63, 3.8) is 0 Å². The molecule has 0 bridgehead atoms. The third-order valence-corrected chi connectivity index (χ3v) is 3.00. The van der Waals surface area contributed by atoms with E-state index in [0.29, 0.717) is 0 Å². The fourth-order valence-corrected chi connectivity index (χ4v) is 1.59. The number of benzene rings is 1. The molecule has 24 heavy (non-hydrogen) atoms. The van der Waals surface area contributed by atoms with E-state index in [0.717, 1.165) is 26.2 Å². The fourth-order valence-electron chi connectivity index (χ4n) is 1.59. The van der Waals surface area contributed by atoms with Gasteiger partial charge in [0.2, 0.25) is 0 Å². The minimum Gasteiger partial charge on any atom is -0.444 e. The largest absolute Gasteiger partial charge is 0.444 e. The molecule has 1 aromatic rings. The lowest BCUT2D eigenvalue weighted by Crippen LogP contribution is -2.48. The van der Waals surface area contributed by atoms with Gasteiger partial charge in [0, 0.05) is 26.2 Å². The number of ether oxygens (including phenoxy) is 1. The molecule has 5 heteroatoms. The summed E-state index contributed by atoms with van der Waals surface area (Å²) in [6, 6.07) is 7.94. The summed E-state index contributed by atoms with van der Waals surface area (Å²) in [4.78, 5) is 13.2. The van der Waals surface area contributed by atoms with E-state index in [4.69, 9.17) is 4.74 Å². The zero-order valence-electron chi connectivity index (χ0n) is 15.8. The van der Waals surface area contributed by atoms with E-state index >= 15 is 0 Å². The predicted molar refractivity (Wildman–Crippen MR) is 97.7 cm³/mol. The highest BCUT2D eigenvalue weighted by atomic mass is 19.1. The molecule has 1 fully saturated rings. The molecule has 0 spiro atoms. The Hall–Kier alpha value is -1.62. The van der Waals surface area contributed by atoms with Crippen molar-refractivity contribution in [2.24, 2.45) is 0 Å². The van der Waals surface area contributed by atoms with Crippen LogP contribution in [0, 0.1) is 5.82 Å². The second-order valence-electron chi connectivity index (χ2n) is 6.51. The van der Waals surface area contributed by atoms with Crippen molar-refractivity contribution in [1.29, 1.82) is 0 Å². The molecule has 1 amide bonds. The van der Waals surface area contributed by atoms with Crippen molar-refractivity contribution in [3.05, 3.63) is 36.1 Å². The molecular formula is C19H33FN2O2. The van der Waals surface area contributed by atoms with Gasteiger partial charge in [0.1, 0.15) is 11.4 Å². The van der Waals surface area contributed by atoms with E-state index in [9.17, 15) is 9.18 Å². The molecule has 1 saturated heterocycles. The number of halogens is 1. The van der Waals surface area contributed by atoms with Crippen LogP contribution in [0.2, 0.25) is 0 Å². The van der Waals surface area contributed by atoms with Crippen molar-refractivity contribution in [2.45, 2.75) is 53.1 Å². The topological polar surface area (TPSA) is 41.6 Å². The Kier molecular flexibility index (Phi) is 11.9. The molecule has 4 nitrogen and oxygen atoms in total. The van der Waals surface area contributed by atoms with Crippen molar-refractivity contribution in [1.82, 2.24) is 10.2 Å². The van der Waals surface area contributed by atoms with Crippen LogP contribution in [0.3, 0.4) is 0 Å². The van der Waals surface area contributed by atoms with Gasteiger partial charge >= 0.3 is 6.09 Å². The van der Waals surface area contributed by atoms with Gasteiger partial charge in [0.05, 0.1) is 0 Å². The Morgan fingerprint density at radius 3 is 1.96 bits per heavy atom. The summed E-state index contributed by atoms with van der Waals surface area (Å²) >= 11 is 0. The van der Waals surface area contributed by atoms with Crippen molar-refractivity contribution in [2.75, 3.05) is 26.2 Å². The average Bonchev–Trinajstić information content (AvgIpc) is 2.56. The second kappa shape index (κ2) is 12.8. The highest BCUT2D eigenvalue weighted by Crippen LogP contribution is 2.09. The molecule has 1 aliphatic heterocycles. The molecule has 0 atom stereocenters. The first-order valence-corrected chi connectivity index (χ1v) is 8.69. The number of rotatable bonds is 1. The van der Waals surface area contributed by atoms with Crippen molar-refractivity contribution < 1.29 is 13.9 Å². The Morgan fingerprint density at radius 2 is 1.62 bits per heavy atom. The number of hydrogen-bond donors (Lipinski definition) is 1. The van der Waals surface area contributed by atoms with Crippen LogP contribution in [0.5, 0.6) is 0 Å². The molecule has 1 N–H and O–H groups in total. The average molecular weight is 340 g/mol. The Labute approximate surface area is 146 Å². The maximum absolute atomic E-state index is 11.9. The van der Waals surface area contributed by atoms with Crippen LogP contribution in [-0.4, -0.2) is 42.8 Å². The van der Waals surface area contributed by atoms with Crippen molar-refractivity contribution >= 4 is 6.09 Å². The molecular weight excluding hydrogens is 307 g/mol. The predicted octanol–water partition coefficient (Wildman–Crippen LogP) is 4.46. The number of piperazine rings is 1. The van der Waals surface area contributed by atoms with Gasteiger partial charge < -0.3 is 15.0 Å². The zero-order valence-corrected chi connectivity index (χ0v) is 15.8. The smallest absolute Gasteiger partial charge is 0.410 e. The van der Waals surface area contributed by atoms with E-state index in [1.165, 1.54) is 25.0 Å². The molecule has 0 saturated carbocycles. The number of hydrogen-bond acceptors (Lipinski definition) is 3. The third-order valence-electron chi connectivity index (χ3n) is 3.00. The van der Waals surface area contributed by atoms with Crippen LogP contribution < -0.4 is 5.32 Å². The molecule has 1 aromatic carbocycles. The lowest BCUT2D eigenvalue weighted by atomic mass is 10.2. The summed E-state index contributed by atoms with van der Waals surface area (Å²) < 4.78 is 17.1. The molecule has 0 aliphatic carbocycles. The summed E-state index contributed by atoms with van der Waals surface area (Å²) in [7, 11) is 0. The normalized spacial score (nSPS) is 13.8. The fraction of sp³-hybridized carbons (Fsp3) is 0.632. The monoisotopic (exact) mass is 340 g/mol. The van der Waals surface area contributed by atoms with E-state index in [1.54, 1.807) is 23.1 Å². The number of amides is 1. The molecule has 0 unspecified atom stereocenters. The lowest BCUT2D eigenvalue weighted by molar-refractivity contribution is 0.0229. The Balaban J connectivity index is 0.000000401. The van der Waals surface area contributed by atoms with E-state index < -0.39 is 0 Å². The first kappa shape index (κ1) is 22.4. The van der Waals surface area contributed by atoms with Crippen LogP contribution in [0.25, 0.3) is 0 Å². The number of nitrogens with one attached hydrogen (secondary N) is 1. The molecule has 138 valence electrons. The second-order valence-corrected chi connectivity index (χ2v) is 6.51. The first-order chi connectivity index (χ1) is 11.3. The number of carbonyl (C=O) groups is 1. The van der Waals surface area contributed by atoms with Gasteiger partial charge in [-0.05, 0) is 32.9 Å². The van der Waals surface area contributed by atoms with Crippen LogP contribution >= 0.6 is 0 Å². The molecule has 0 radical (unpaired) electrons. The van der Waals surface area contributed by atoms with Gasteiger partial charge in [0.25, 0.3) is 0 Å². The van der Waals surface area contributed by atoms with Crippen LogP contribution in [0.1, 0.15) is 47.5 Å². The van der Waals surface area contributed by atoms with E-state index in [-0.39, 0.29) is 17.5 Å². The van der Waals surface area contributed by atoms with Gasteiger partial charge in [-0.1, -0.05) is 44.9 Å². The van der Waals surface area contributed by atoms with Gasteiger partial charge in [-0.3, -0.25) is 0 Å². The molecule has 0 aromatic heterocycles. The molecule has 1 heterocycles. The minimum absolute atomic E-state index is 0.178. The summed E-state index contributed by atoms with van der Waals surface area (Å²) in [6.45, 7) is 13.2. The summed E-state index contributed by atoms with van der Waals surface area (Å²) in [5.41, 5.74) is -0.387. The Bertz CT molecular complexity index is 425. The van der Waals surface area contributed by atoms with Gasteiger partial charge in [-0.15, -0.1) is 0 Å². The minimum atomic E-state index is -0.387. The third kappa shape index (κ3) is 12.9. The van der Waals surface area contributed by atoms with Gasteiger partial charge in [-0.2, -0.15) is 0 Å². The molecule has 2 rings (SSSR count). The zero-order chi connectivity index (χ0) is 18.4. The van der Waals surface area contributed by atoms with Gasteiger partial charge in [-0.25, -0.2) is 9.18 Å². The van der Waals surface area contributed by atoms with Crippen LogP contribution in [0.15, 0.2) is 30.3 Å². The first-order valence-electron chi connectivity index (χ1n) is 8.69. The SMILES string of the molecule is CC(C)(C)OC(=O)N1CCNCC1.CCCC.Fc1ccccc1. The van der Waals surface area contributed by atoms with Gasteiger partial charge in [0.15, 0.2) is 0 Å². The summed E-state index contributed by atoms with van der Waals surface area (Å²) in [5.74, 6) is -0.178. The van der Waals surface area contributed by atoms with E-state index in [1.807, 2.05) is 20.8 Å². The highest BCUT2D eigenvalue weighted by molar-refractivity contribution is 5.68. The van der Waals surface area contributed by atoms with Crippen LogP contribution in [0.4, 0.5) is 9.18 Å². The van der Waals surface area contributed by atoms with Crippen molar-refractivity contribution in [3.8, 4) is 0 Å². The Morgan fingerprint density at radius 1 is 1.12 bits per heavy atom. The quantitative estimate of drug-likeness (QED) is 0.821. The number of carbonyl (C=O) groups excluding carboxylic acids is 1. The standard InChI is InChI=1S/C9H18N2O2.C6H5F.C4H10/c1-9(2,3)13-8(12)11-6-4-10-5-7-11;7-6-4-2-1-3-5-6;1-3-4-2/h10H,4-7H2,1-3H3;1-5H;3-4H2,1-2H3. The lowest BCUT2D eigenvalue weighted by Gasteiger charge is -2.30. The maximum Gasteiger partial charge on any atom is 0.410 e. The van der Waals surface area contributed by atoms with Crippen LogP contribution in [-0.2, 0) is 4.74 Å². The number of unbranched alkanes of at least 4 members (excludes halogenated alkanes) is 1. The number of nitrogens with zero attached hydrogens (tertiary/aromatic N) is 1. The summed E-state index contributed by atoms with van der Waals surface area (Å²) in [6.07, 6.45) is 2.44. The maximum atomic E-state index is 11.9. The summed E-state index contributed by atoms with van der Waals surface area (Å²) in [5, 5.41) is 3.18. The van der Waals surface area contributed by atoms with E-state index in [2.05, 4.69) is 19.2 Å². The molecule has 1 aliphatic rings.